The Bertz CT molecular complexity index is 1410. The molecule has 3 aromatic rings. The summed E-state index contributed by atoms with van der Waals surface area (Å²) in [6, 6.07) is 6.31. The van der Waals surface area contributed by atoms with Gasteiger partial charge in [-0.3, -0.25) is 19.2 Å². The number of benzene rings is 2. The summed E-state index contributed by atoms with van der Waals surface area (Å²) in [7, 11) is 0. The second kappa shape index (κ2) is 15.0. The molecule has 2 aromatic carbocycles. The third-order valence-corrected chi connectivity index (χ3v) is 6.37. The van der Waals surface area contributed by atoms with E-state index in [0.29, 0.717) is 16.8 Å². The summed E-state index contributed by atoms with van der Waals surface area (Å²) in [5, 5.41) is 36.3. The molecule has 0 spiro atoms. The van der Waals surface area contributed by atoms with E-state index < -0.39 is 60.2 Å². The highest BCUT2D eigenvalue weighted by atomic mass is 16.4. The fourth-order valence-electron chi connectivity index (χ4n) is 4.10. The van der Waals surface area contributed by atoms with Gasteiger partial charge in [-0.25, -0.2) is 9.78 Å². The topological polar surface area (TPSA) is 263 Å². The summed E-state index contributed by atoms with van der Waals surface area (Å²) in [4.78, 5) is 69.6. The number of aliphatic carboxylic acids is 1. The Morgan fingerprint density at radius 3 is 1.67 bits per heavy atom. The largest absolute Gasteiger partial charge is 0.508 e. The number of nitrogens with zero attached hydrogens (tertiary/aromatic N) is 1. The van der Waals surface area contributed by atoms with Crippen LogP contribution in [0.15, 0.2) is 61.1 Å². The molecule has 43 heavy (non-hydrogen) atoms. The van der Waals surface area contributed by atoms with E-state index in [0.717, 1.165) is 0 Å². The van der Waals surface area contributed by atoms with Crippen LogP contribution in [0.3, 0.4) is 0 Å². The quantitative estimate of drug-likeness (QED) is 0.0991. The third kappa shape index (κ3) is 10.2. The summed E-state index contributed by atoms with van der Waals surface area (Å²) < 4.78 is 0. The standard InChI is InChI=1S/C28H33N7O8/c29-20(12-24(30)38)25(39)33-21(9-15-1-5-18(36)6-2-15)26(40)34-22(11-17-13-31-14-32-17)27(41)35-23(28(42)43)10-16-3-7-19(37)8-4-16/h1-8,13-14,20-23,36-37H,9-12,29H2,(H2,30,38)(H,31,32)(H,33,39)(H,34,40)(H,35,41)(H,42,43). The first kappa shape index (κ1) is 32.1. The maximum atomic E-state index is 13.5. The van der Waals surface area contributed by atoms with Crippen LogP contribution in [0.5, 0.6) is 11.5 Å². The molecule has 1 aromatic heterocycles. The number of phenols is 2. The van der Waals surface area contributed by atoms with Gasteiger partial charge < -0.3 is 47.7 Å². The summed E-state index contributed by atoms with van der Waals surface area (Å²) in [6.07, 6.45) is 2.02. The van der Waals surface area contributed by atoms with E-state index in [-0.39, 0.29) is 30.8 Å². The molecule has 15 nitrogen and oxygen atoms in total. The third-order valence-electron chi connectivity index (χ3n) is 6.37. The fourth-order valence-corrected chi connectivity index (χ4v) is 4.10. The number of carboxylic acid groups (broad SMARTS) is 1. The van der Waals surface area contributed by atoms with Gasteiger partial charge in [0, 0.05) is 31.2 Å². The van der Waals surface area contributed by atoms with E-state index in [1.54, 1.807) is 0 Å². The molecule has 3 rings (SSSR count). The van der Waals surface area contributed by atoms with Crippen LogP contribution in [0, 0.1) is 0 Å². The number of phenolic OH excluding ortho intramolecular Hbond substituents is 2. The second-order valence-electron chi connectivity index (χ2n) is 9.82. The van der Waals surface area contributed by atoms with Crippen molar-refractivity contribution in [2.45, 2.75) is 49.9 Å². The van der Waals surface area contributed by atoms with Crippen molar-refractivity contribution in [1.82, 2.24) is 25.9 Å². The number of primary amides is 1. The number of hydrogen-bond donors (Lipinski definition) is 9. The lowest BCUT2D eigenvalue weighted by molar-refractivity contribution is -0.142. The summed E-state index contributed by atoms with van der Waals surface area (Å²) in [6.45, 7) is 0. The van der Waals surface area contributed by atoms with E-state index in [4.69, 9.17) is 11.5 Å². The lowest BCUT2D eigenvalue weighted by atomic mass is 10.0. The van der Waals surface area contributed by atoms with Crippen molar-refractivity contribution in [3.05, 3.63) is 77.9 Å². The zero-order chi connectivity index (χ0) is 31.5. The fraction of sp³-hybridized carbons (Fsp3) is 0.286. The van der Waals surface area contributed by atoms with E-state index in [1.165, 1.54) is 61.1 Å². The van der Waals surface area contributed by atoms with Gasteiger partial charge in [0.25, 0.3) is 0 Å². The lowest BCUT2D eigenvalue weighted by Gasteiger charge is -2.25. The van der Waals surface area contributed by atoms with Gasteiger partial charge in [-0.15, -0.1) is 0 Å². The Morgan fingerprint density at radius 1 is 0.744 bits per heavy atom. The molecule has 15 heteroatoms. The monoisotopic (exact) mass is 595 g/mol. The van der Waals surface area contributed by atoms with Crippen molar-refractivity contribution in [1.29, 1.82) is 0 Å². The number of aromatic nitrogens is 2. The number of amides is 4. The molecule has 228 valence electrons. The number of hydrogen-bond acceptors (Lipinski definition) is 9. The normalized spacial score (nSPS) is 13.6. The number of aromatic amines is 1. The molecule has 4 unspecified atom stereocenters. The SMILES string of the molecule is NC(=O)CC(N)C(=O)NC(Cc1ccc(O)cc1)C(=O)NC(Cc1cnc[nH]1)C(=O)NC(Cc1ccc(O)cc1)C(=O)O. The van der Waals surface area contributed by atoms with Gasteiger partial charge in [0.2, 0.25) is 23.6 Å². The number of carbonyl (C=O) groups is 5. The van der Waals surface area contributed by atoms with E-state index in [1.807, 2.05) is 0 Å². The Kier molecular flexibility index (Phi) is 11.2. The minimum absolute atomic E-state index is 0.00785. The van der Waals surface area contributed by atoms with Crippen LogP contribution in [-0.2, 0) is 43.2 Å². The summed E-state index contributed by atoms with van der Waals surface area (Å²) >= 11 is 0. The van der Waals surface area contributed by atoms with Gasteiger partial charge >= 0.3 is 5.97 Å². The molecule has 0 saturated heterocycles. The van der Waals surface area contributed by atoms with Crippen LogP contribution in [-0.4, -0.2) is 79.1 Å². The van der Waals surface area contributed by atoms with Gasteiger partial charge in [0.1, 0.15) is 29.6 Å². The average Bonchev–Trinajstić information content (AvgIpc) is 3.47. The zero-order valence-corrected chi connectivity index (χ0v) is 22.9. The molecule has 0 saturated carbocycles. The maximum absolute atomic E-state index is 13.5. The van der Waals surface area contributed by atoms with Crippen molar-refractivity contribution in [2.75, 3.05) is 0 Å². The van der Waals surface area contributed by atoms with Crippen LogP contribution in [0.4, 0.5) is 0 Å². The number of imidazole rings is 1. The first-order chi connectivity index (χ1) is 20.4. The van der Waals surface area contributed by atoms with Crippen LogP contribution < -0.4 is 27.4 Å². The van der Waals surface area contributed by atoms with Gasteiger partial charge in [-0.2, -0.15) is 0 Å². The van der Waals surface area contributed by atoms with Crippen LogP contribution in [0.2, 0.25) is 0 Å². The van der Waals surface area contributed by atoms with Crippen molar-refractivity contribution >= 4 is 29.6 Å². The zero-order valence-electron chi connectivity index (χ0n) is 22.9. The van der Waals surface area contributed by atoms with Crippen molar-refractivity contribution < 1.29 is 39.3 Å². The molecular formula is C28H33N7O8. The first-order valence-electron chi connectivity index (χ1n) is 13.1. The lowest BCUT2D eigenvalue weighted by Crippen LogP contribution is -2.58. The van der Waals surface area contributed by atoms with Gasteiger partial charge in [0.05, 0.1) is 18.8 Å². The van der Waals surface area contributed by atoms with Crippen LogP contribution in [0.25, 0.3) is 0 Å². The predicted molar refractivity (Wildman–Crippen MR) is 151 cm³/mol. The molecule has 4 amide bonds. The summed E-state index contributed by atoms with van der Waals surface area (Å²) in [5.41, 5.74) is 12.4. The molecule has 0 aliphatic heterocycles. The first-order valence-corrected chi connectivity index (χ1v) is 13.1. The molecule has 0 aliphatic carbocycles. The number of aromatic hydroxyl groups is 2. The molecule has 11 N–H and O–H groups in total. The van der Waals surface area contributed by atoms with E-state index in [2.05, 4.69) is 25.9 Å². The molecule has 4 atom stereocenters. The molecule has 0 radical (unpaired) electrons. The number of H-pyrrole nitrogens is 1. The van der Waals surface area contributed by atoms with Crippen molar-refractivity contribution in [3.63, 3.8) is 0 Å². The van der Waals surface area contributed by atoms with Crippen LogP contribution >= 0.6 is 0 Å². The molecule has 1 heterocycles. The molecule has 0 bridgehead atoms. The van der Waals surface area contributed by atoms with Crippen LogP contribution in [0.1, 0.15) is 23.2 Å². The molecular weight excluding hydrogens is 562 g/mol. The maximum Gasteiger partial charge on any atom is 0.326 e. The Balaban J connectivity index is 1.83. The number of rotatable bonds is 15. The second-order valence-corrected chi connectivity index (χ2v) is 9.82. The van der Waals surface area contributed by atoms with Gasteiger partial charge in [-0.05, 0) is 35.4 Å². The smallest absolute Gasteiger partial charge is 0.326 e. The van der Waals surface area contributed by atoms with E-state index >= 15 is 0 Å². The number of carbonyl (C=O) groups excluding carboxylic acids is 4. The number of nitrogens with two attached hydrogens (primary N) is 2. The highest BCUT2D eigenvalue weighted by molar-refractivity contribution is 5.95. The Labute approximate surface area is 245 Å². The molecule has 0 fully saturated rings. The van der Waals surface area contributed by atoms with E-state index in [9.17, 15) is 39.3 Å². The highest BCUT2D eigenvalue weighted by Crippen LogP contribution is 2.14. The Morgan fingerprint density at radius 2 is 1.21 bits per heavy atom. The average molecular weight is 596 g/mol. The highest BCUT2D eigenvalue weighted by Gasteiger charge is 2.31. The van der Waals surface area contributed by atoms with Crippen molar-refractivity contribution in [3.8, 4) is 11.5 Å². The van der Waals surface area contributed by atoms with Gasteiger partial charge in [0.15, 0.2) is 0 Å². The number of nitrogens with one attached hydrogen (secondary N) is 4. The summed E-state index contributed by atoms with van der Waals surface area (Å²) in [5.74, 6) is -4.65. The van der Waals surface area contributed by atoms with Gasteiger partial charge in [-0.1, -0.05) is 24.3 Å². The molecule has 0 aliphatic rings. The number of carboxylic acids is 1. The Hall–Kier alpha value is -5.44. The minimum Gasteiger partial charge on any atom is -0.508 e. The predicted octanol–water partition coefficient (Wildman–Crippen LogP) is -1.41. The van der Waals surface area contributed by atoms with Crippen molar-refractivity contribution in [2.24, 2.45) is 11.5 Å². The minimum atomic E-state index is -1.38.